The van der Waals surface area contributed by atoms with E-state index in [4.69, 9.17) is 11.6 Å². The summed E-state index contributed by atoms with van der Waals surface area (Å²) in [7, 11) is 0. The van der Waals surface area contributed by atoms with Gasteiger partial charge in [0.05, 0.1) is 5.38 Å². The van der Waals surface area contributed by atoms with Gasteiger partial charge >= 0.3 is 0 Å². The third-order valence-electron chi connectivity index (χ3n) is 2.60. The number of halogens is 1. The lowest BCUT2D eigenvalue weighted by Gasteiger charge is -2.15. The highest BCUT2D eigenvalue weighted by Gasteiger charge is 2.47. The Morgan fingerprint density at radius 2 is 2.30 bits per heavy atom. The number of Topliss-reactive ketones (excluding diaryl/α,β-unsaturated/α-hetero) is 1. The Balaban J connectivity index is 2.32. The van der Waals surface area contributed by atoms with E-state index in [9.17, 15) is 4.79 Å². The Morgan fingerprint density at radius 1 is 1.60 bits per heavy atom. The lowest BCUT2D eigenvalue weighted by Crippen LogP contribution is -2.23. The van der Waals surface area contributed by atoms with Gasteiger partial charge in [-0.3, -0.25) is 4.79 Å². The fourth-order valence-electron chi connectivity index (χ4n) is 1.99. The maximum atomic E-state index is 11.1. The van der Waals surface area contributed by atoms with Gasteiger partial charge in [0.1, 0.15) is 0 Å². The summed E-state index contributed by atoms with van der Waals surface area (Å²) < 4.78 is 0. The fourth-order valence-corrected chi connectivity index (χ4v) is 2.45. The van der Waals surface area contributed by atoms with Crippen LogP contribution in [0.15, 0.2) is 12.2 Å². The minimum absolute atomic E-state index is 0.222. The van der Waals surface area contributed by atoms with Crippen molar-refractivity contribution in [3.63, 3.8) is 0 Å². The summed E-state index contributed by atoms with van der Waals surface area (Å²) in [6.45, 7) is 3.89. The molecule has 0 amide bonds. The molecule has 2 saturated carbocycles. The average molecular weight is 157 g/mol. The van der Waals surface area contributed by atoms with Crippen molar-refractivity contribution in [2.45, 2.75) is 18.2 Å². The van der Waals surface area contributed by atoms with Crippen molar-refractivity contribution in [2.24, 2.45) is 11.8 Å². The summed E-state index contributed by atoms with van der Waals surface area (Å²) in [5.74, 6) is 0.776. The number of carbonyl (C=O) groups is 1. The normalized spacial score (nSPS) is 45.1. The van der Waals surface area contributed by atoms with Crippen molar-refractivity contribution in [1.82, 2.24) is 0 Å². The summed E-state index contributed by atoms with van der Waals surface area (Å²) >= 11 is 5.84. The van der Waals surface area contributed by atoms with E-state index in [0.717, 1.165) is 12.8 Å². The standard InChI is InChI=1S/C8H9ClO/c1-4-2-5-3-6(4)7(9)8(5)10/h5-7H,1-3H2. The topological polar surface area (TPSA) is 17.1 Å². The molecule has 0 aromatic heterocycles. The SMILES string of the molecule is C=C1CC2CC1C(Cl)C2=O. The first kappa shape index (κ1) is 6.41. The van der Waals surface area contributed by atoms with E-state index in [1.165, 1.54) is 5.57 Å². The quantitative estimate of drug-likeness (QED) is 0.386. The minimum Gasteiger partial charge on any atom is -0.298 e. The molecule has 3 atom stereocenters. The van der Waals surface area contributed by atoms with Crippen LogP contribution in [0.3, 0.4) is 0 Å². The van der Waals surface area contributed by atoms with Crippen molar-refractivity contribution in [2.75, 3.05) is 0 Å². The van der Waals surface area contributed by atoms with Crippen LogP contribution >= 0.6 is 11.6 Å². The molecule has 2 bridgehead atoms. The molecule has 2 aliphatic rings. The van der Waals surface area contributed by atoms with E-state index in [0.29, 0.717) is 5.92 Å². The zero-order chi connectivity index (χ0) is 7.30. The summed E-state index contributed by atoms with van der Waals surface area (Å²) in [5, 5.41) is -0.244. The second-order valence-corrected chi connectivity index (χ2v) is 3.68. The molecule has 0 heterocycles. The number of rotatable bonds is 0. The first-order valence-corrected chi connectivity index (χ1v) is 3.99. The fraction of sp³-hybridized carbons (Fsp3) is 0.625. The van der Waals surface area contributed by atoms with Crippen LogP contribution in [0.5, 0.6) is 0 Å². The van der Waals surface area contributed by atoms with E-state index in [2.05, 4.69) is 6.58 Å². The molecule has 2 fully saturated rings. The molecule has 2 rings (SSSR count). The van der Waals surface area contributed by atoms with Crippen molar-refractivity contribution >= 4 is 17.4 Å². The number of allylic oxidation sites excluding steroid dienone is 1. The van der Waals surface area contributed by atoms with Crippen LogP contribution in [0.2, 0.25) is 0 Å². The lowest BCUT2D eigenvalue weighted by atomic mass is 9.95. The van der Waals surface area contributed by atoms with Gasteiger partial charge in [-0.25, -0.2) is 0 Å². The number of hydrogen-bond acceptors (Lipinski definition) is 1. The molecule has 0 aromatic carbocycles. The second-order valence-electron chi connectivity index (χ2n) is 3.21. The molecule has 0 spiro atoms. The van der Waals surface area contributed by atoms with Crippen molar-refractivity contribution in [1.29, 1.82) is 0 Å². The van der Waals surface area contributed by atoms with Gasteiger partial charge in [0, 0.05) is 11.8 Å². The Morgan fingerprint density at radius 3 is 2.70 bits per heavy atom. The Labute approximate surface area is 65.1 Å². The number of fused-ring (bicyclic) bond motifs is 2. The molecule has 2 heteroatoms. The van der Waals surface area contributed by atoms with Crippen molar-refractivity contribution in [3.8, 4) is 0 Å². The molecule has 0 aliphatic heterocycles. The lowest BCUT2D eigenvalue weighted by molar-refractivity contribution is -0.120. The van der Waals surface area contributed by atoms with Crippen molar-refractivity contribution in [3.05, 3.63) is 12.2 Å². The first-order valence-electron chi connectivity index (χ1n) is 3.55. The third-order valence-corrected chi connectivity index (χ3v) is 3.12. The maximum Gasteiger partial charge on any atom is 0.154 e. The van der Waals surface area contributed by atoms with Gasteiger partial charge in [-0.15, -0.1) is 11.6 Å². The van der Waals surface area contributed by atoms with Gasteiger partial charge < -0.3 is 0 Å². The van der Waals surface area contributed by atoms with Crippen LogP contribution in [0.4, 0.5) is 0 Å². The van der Waals surface area contributed by atoms with Gasteiger partial charge in [0.25, 0.3) is 0 Å². The molecule has 0 N–H and O–H groups in total. The molecular formula is C8H9ClO. The highest BCUT2D eigenvalue weighted by molar-refractivity contribution is 6.33. The van der Waals surface area contributed by atoms with Crippen LogP contribution in [0.1, 0.15) is 12.8 Å². The first-order chi connectivity index (χ1) is 4.70. The highest BCUT2D eigenvalue weighted by Crippen LogP contribution is 2.47. The summed E-state index contributed by atoms with van der Waals surface area (Å²) in [4.78, 5) is 11.1. The summed E-state index contributed by atoms with van der Waals surface area (Å²) in [6, 6.07) is 0. The summed E-state index contributed by atoms with van der Waals surface area (Å²) in [5.41, 5.74) is 1.18. The number of hydrogen-bond donors (Lipinski definition) is 0. The highest BCUT2D eigenvalue weighted by atomic mass is 35.5. The molecule has 2 aliphatic carbocycles. The summed E-state index contributed by atoms with van der Waals surface area (Å²) in [6.07, 6.45) is 1.86. The molecule has 54 valence electrons. The Bertz CT molecular complexity index is 205. The monoisotopic (exact) mass is 156 g/mol. The molecule has 10 heavy (non-hydrogen) atoms. The predicted molar refractivity (Wildman–Crippen MR) is 40.0 cm³/mol. The van der Waals surface area contributed by atoms with Crippen LogP contribution in [-0.2, 0) is 4.79 Å². The van der Waals surface area contributed by atoms with Crippen LogP contribution in [0, 0.1) is 11.8 Å². The number of alkyl halides is 1. The molecule has 1 nitrogen and oxygen atoms in total. The molecular weight excluding hydrogens is 148 g/mol. The zero-order valence-electron chi connectivity index (χ0n) is 5.64. The van der Waals surface area contributed by atoms with E-state index in [1.807, 2.05) is 0 Å². The van der Waals surface area contributed by atoms with Gasteiger partial charge in [-0.1, -0.05) is 12.2 Å². The third kappa shape index (κ3) is 0.615. The molecule has 0 saturated heterocycles. The number of carbonyl (C=O) groups excluding carboxylic acids is 1. The van der Waals surface area contributed by atoms with Gasteiger partial charge in [-0.05, 0) is 12.8 Å². The van der Waals surface area contributed by atoms with Gasteiger partial charge in [0.15, 0.2) is 5.78 Å². The number of ketones is 1. The maximum absolute atomic E-state index is 11.1. The zero-order valence-corrected chi connectivity index (χ0v) is 6.40. The van der Waals surface area contributed by atoms with Gasteiger partial charge in [-0.2, -0.15) is 0 Å². The van der Waals surface area contributed by atoms with E-state index in [1.54, 1.807) is 0 Å². The molecule has 3 unspecified atom stereocenters. The minimum atomic E-state index is -0.244. The molecule has 0 radical (unpaired) electrons. The van der Waals surface area contributed by atoms with Crippen LogP contribution in [-0.4, -0.2) is 11.2 Å². The van der Waals surface area contributed by atoms with E-state index in [-0.39, 0.29) is 17.1 Å². The predicted octanol–water partition coefficient (Wildman–Crippen LogP) is 1.76. The van der Waals surface area contributed by atoms with Crippen LogP contribution < -0.4 is 0 Å². The Hall–Kier alpha value is -0.300. The molecule has 0 aromatic rings. The van der Waals surface area contributed by atoms with Crippen LogP contribution in [0.25, 0.3) is 0 Å². The van der Waals surface area contributed by atoms with Gasteiger partial charge in [0.2, 0.25) is 0 Å². The van der Waals surface area contributed by atoms with E-state index >= 15 is 0 Å². The van der Waals surface area contributed by atoms with Crippen molar-refractivity contribution < 1.29 is 4.79 Å². The average Bonchev–Trinajstić information content (AvgIpc) is 2.36. The second kappa shape index (κ2) is 1.85. The Kier molecular flexibility index (Phi) is 1.19. The smallest absolute Gasteiger partial charge is 0.154 e. The van der Waals surface area contributed by atoms with E-state index < -0.39 is 0 Å². The largest absolute Gasteiger partial charge is 0.298 e.